The molecule has 0 saturated heterocycles. The van der Waals surface area contributed by atoms with Crippen LogP contribution in [0.5, 0.6) is 0 Å². The van der Waals surface area contributed by atoms with Gasteiger partial charge in [0.2, 0.25) is 0 Å². The first-order valence-electron chi connectivity index (χ1n) is 10.8. The summed E-state index contributed by atoms with van der Waals surface area (Å²) in [6.45, 7) is 4.58. The average Bonchev–Trinajstić information content (AvgIpc) is 3.30. The van der Waals surface area contributed by atoms with E-state index >= 15 is 0 Å². The van der Waals surface area contributed by atoms with Crippen molar-refractivity contribution in [3.05, 3.63) is 89.9 Å². The van der Waals surface area contributed by atoms with Gasteiger partial charge in [0.1, 0.15) is 5.58 Å². The van der Waals surface area contributed by atoms with Crippen molar-refractivity contribution < 1.29 is 4.42 Å². The Labute approximate surface area is 183 Å². The van der Waals surface area contributed by atoms with Crippen LogP contribution in [-0.2, 0) is 0 Å². The Morgan fingerprint density at radius 1 is 0.839 bits per heavy atom. The van der Waals surface area contributed by atoms with Crippen LogP contribution in [0.2, 0.25) is 0 Å². The molecule has 0 saturated carbocycles. The number of hydrogen-bond acceptors (Lipinski definition) is 4. The number of nitrogens with zero attached hydrogens (tertiary/aromatic N) is 3. The summed E-state index contributed by atoms with van der Waals surface area (Å²) in [5.41, 5.74) is 7.09. The number of hydrogen-bond donors (Lipinski definition) is 0. The molecule has 1 atom stereocenters. The van der Waals surface area contributed by atoms with Crippen molar-refractivity contribution >= 4 is 47.0 Å². The van der Waals surface area contributed by atoms with Crippen molar-refractivity contribution in [2.24, 2.45) is 0 Å². The Balaban J connectivity index is 1.49. The zero-order valence-electron chi connectivity index (χ0n) is 18.0. The molecule has 0 spiro atoms. The van der Waals surface area contributed by atoms with Gasteiger partial charge in [-0.2, -0.15) is 0 Å². The summed E-state index contributed by atoms with van der Waals surface area (Å²) in [7, 11) is 2.14. The summed E-state index contributed by atoms with van der Waals surface area (Å²) in [5, 5.41) is 1.17. The van der Waals surface area contributed by atoms with E-state index in [0.29, 0.717) is 0 Å². The van der Waals surface area contributed by atoms with Crippen molar-refractivity contribution in [2.45, 2.75) is 20.0 Å². The van der Waals surface area contributed by atoms with Gasteiger partial charge < -0.3 is 18.9 Å². The fraction of sp³-hybridized carbons (Fsp3) is 0.154. The lowest BCUT2D eigenvalue weighted by atomic mass is 9.61. The molecule has 3 aromatic carbocycles. The number of benzene rings is 3. The molecular formula is C26H24BN3O. The van der Waals surface area contributed by atoms with Crippen molar-refractivity contribution in [3.8, 4) is 0 Å². The molecule has 1 aromatic heterocycles. The summed E-state index contributed by atoms with van der Waals surface area (Å²) in [6, 6.07) is 27.6. The molecule has 0 unspecified atom stereocenters. The van der Waals surface area contributed by atoms with Gasteiger partial charge in [0, 0.05) is 16.6 Å². The van der Waals surface area contributed by atoms with E-state index < -0.39 is 0 Å². The molecule has 3 heterocycles. The van der Waals surface area contributed by atoms with Crippen LogP contribution in [-0.4, -0.2) is 20.2 Å². The van der Waals surface area contributed by atoms with Crippen LogP contribution in [0.4, 0.5) is 22.9 Å². The van der Waals surface area contributed by atoms with E-state index in [1.165, 1.54) is 33.5 Å². The maximum absolute atomic E-state index is 6.32. The molecule has 0 fully saturated rings. The maximum atomic E-state index is 6.32. The van der Waals surface area contributed by atoms with E-state index in [9.17, 15) is 0 Å². The largest absolute Gasteiger partial charge is 0.441 e. The number of para-hydroxylation sites is 4. The minimum Gasteiger partial charge on any atom is -0.441 e. The highest BCUT2D eigenvalue weighted by atomic mass is 16.4. The SMILES string of the molecule is CC1=Cc2c(oc3ccccc23)N(C)B1N1c2ccccc2N(c2ccccc2)[C@@H]1C. The highest BCUT2D eigenvalue weighted by Crippen LogP contribution is 2.47. The van der Waals surface area contributed by atoms with Crippen LogP contribution in [0.1, 0.15) is 19.4 Å². The number of anilines is 4. The van der Waals surface area contributed by atoms with E-state index in [1.807, 2.05) is 12.1 Å². The molecule has 0 radical (unpaired) electrons. The second kappa shape index (κ2) is 6.71. The van der Waals surface area contributed by atoms with Gasteiger partial charge in [-0.3, -0.25) is 0 Å². The molecule has 0 N–H and O–H groups in total. The van der Waals surface area contributed by atoms with Crippen LogP contribution in [0.25, 0.3) is 17.0 Å². The molecule has 0 aliphatic carbocycles. The van der Waals surface area contributed by atoms with Crippen molar-refractivity contribution in [1.82, 2.24) is 0 Å². The fourth-order valence-electron chi connectivity index (χ4n) is 5.27. The molecular weight excluding hydrogens is 381 g/mol. The Morgan fingerprint density at radius 2 is 1.52 bits per heavy atom. The molecule has 2 aliphatic heterocycles. The van der Waals surface area contributed by atoms with Crippen LogP contribution in [0.15, 0.2) is 88.8 Å². The van der Waals surface area contributed by atoms with Gasteiger partial charge in [-0.15, -0.1) is 0 Å². The number of furan rings is 1. The van der Waals surface area contributed by atoms with Gasteiger partial charge >= 0.3 is 6.98 Å². The quantitative estimate of drug-likeness (QED) is 0.364. The zero-order valence-corrected chi connectivity index (χ0v) is 18.0. The van der Waals surface area contributed by atoms with Crippen LogP contribution in [0, 0.1) is 0 Å². The van der Waals surface area contributed by atoms with Crippen molar-refractivity contribution in [1.29, 1.82) is 0 Å². The fourth-order valence-corrected chi connectivity index (χ4v) is 5.27. The highest BCUT2D eigenvalue weighted by Gasteiger charge is 2.45. The molecule has 0 amide bonds. The van der Waals surface area contributed by atoms with Gasteiger partial charge in [-0.25, -0.2) is 0 Å². The Bertz CT molecular complexity index is 1310. The van der Waals surface area contributed by atoms with Gasteiger partial charge in [-0.1, -0.05) is 60.1 Å². The van der Waals surface area contributed by atoms with E-state index in [-0.39, 0.29) is 13.1 Å². The lowest BCUT2D eigenvalue weighted by Crippen LogP contribution is -2.58. The average molecular weight is 405 g/mol. The summed E-state index contributed by atoms with van der Waals surface area (Å²) < 4.78 is 6.32. The smallest absolute Gasteiger partial charge is 0.410 e. The summed E-state index contributed by atoms with van der Waals surface area (Å²) in [5.74, 6) is 0.930. The third-order valence-electron chi connectivity index (χ3n) is 6.57. The third-order valence-corrected chi connectivity index (χ3v) is 6.57. The first-order valence-corrected chi connectivity index (χ1v) is 10.8. The number of allylic oxidation sites excluding steroid dienone is 1. The predicted molar refractivity (Wildman–Crippen MR) is 131 cm³/mol. The van der Waals surface area contributed by atoms with Crippen LogP contribution in [0.3, 0.4) is 0 Å². The maximum Gasteiger partial charge on any atom is 0.410 e. The van der Waals surface area contributed by atoms with Crippen molar-refractivity contribution in [2.75, 3.05) is 21.6 Å². The van der Waals surface area contributed by atoms with E-state index in [2.05, 4.69) is 108 Å². The lowest BCUT2D eigenvalue weighted by molar-refractivity contribution is 0.617. The second-order valence-electron chi connectivity index (χ2n) is 8.42. The Hall–Kier alpha value is -3.60. The molecule has 4 nitrogen and oxygen atoms in total. The van der Waals surface area contributed by atoms with Gasteiger partial charge in [0.25, 0.3) is 0 Å². The van der Waals surface area contributed by atoms with Crippen molar-refractivity contribution in [3.63, 3.8) is 0 Å². The Kier molecular flexibility index (Phi) is 3.94. The molecule has 4 aromatic rings. The van der Waals surface area contributed by atoms with Crippen LogP contribution < -0.4 is 14.5 Å². The summed E-state index contributed by atoms with van der Waals surface area (Å²) in [4.78, 5) is 7.21. The topological polar surface area (TPSA) is 22.9 Å². The van der Waals surface area contributed by atoms with Gasteiger partial charge in [-0.05, 0) is 51.2 Å². The van der Waals surface area contributed by atoms with Crippen LogP contribution >= 0.6 is 0 Å². The molecule has 2 aliphatic rings. The lowest BCUT2D eigenvalue weighted by Gasteiger charge is -2.40. The minimum atomic E-state index is 0.0675. The Morgan fingerprint density at radius 3 is 2.32 bits per heavy atom. The summed E-state index contributed by atoms with van der Waals surface area (Å²) in [6.07, 6.45) is 2.45. The first-order chi connectivity index (χ1) is 15.1. The number of rotatable bonds is 2. The summed E-state index contributed by atoms with van der Waals surface area (Å²) >= 11 is 0. The van der Waals surface area contributed by atoms with Gasteiger partial charge in [0.15, 0.2) is 5.88 Å². The van der Waals surface area contributed by atoms with Gasteiger partial charge in [0.05, 0.1) is 17.5 Å². The minimum absolute atomic E-state index is 0.0675. The van der Waals surface area contributed by atoms with E-state index in [4.69, 9.17) is 4.42 Å². The second-order valence-corrected chi connectivity index (χ2v) is 8.42. The molecule has 6 rings (SSSR count). The molecule has 5 heteroatoms. The normalized spacial score (nSPS) is 17.8. The predicted octanol–water partition coefficient (Wildman–Crippen LogP) is 6.32. The monoisotopic (exact) mass is 405 g/mol. The molecule has 152 valence electrons. The number of fused-ring (bicyclic) bond motifs is 4. The zero-order chi connectivity index (χ0) is 21.1. The standard InChI is InChI=1S/C26H24BN3O/c1-18-17-22-21-13-7-10-16-25(21)31-26(22)28(3)27(18)30-19(2)29(20-11-5-4-6-12-20)23-14-8-9-15-24(23)30/h4-17,19H,1-3H3/t19-/m0/s1. The molecule has 31 heavy (non-hydrogen) atoms. The van der Waals surface area contributed by atoms with E-state index in [1.54, 1.807) is 0 Å². The third kappa shape index (κ3) is 2.56. The van der Waals surface area contributed by atoms with E-state index in [0.717, 1.165) is 11.5 Å². The highest BCUT2D eigenvalue weighted by molar-refractivity contribution is 6.76. The molecule has 0 bridgehead atoms. The first kappa shape index (κ1) is 18.2.